The lowest BCUT2D eigenvalue weighted by molar-refractivity contribution is -0.132. The Labute approximate surface area is 186 Å². The first-order valence-electron chi connectivity index (χ1n) is 10.8. The summed E-state index contributed by atoms with van der Waals surface area (Å²) in [7, 11) is 0. The highest BCUT2D eigenvalue weighted by atomic mass is 16.3. The highest BCUT2D eigenvalue weighted by molar-refractivity contribution is 5.94. The summed E-state index contributed by atoms with van der Waals surface area (Å²) < 4.78 is 0. The molecule has 2 aliphatic rings. The summed E-state index contributed by atoms with van der Waals surface area (Å²) in [5.74, 6) is 0.0835. The van der Waals surface area contributed by atoms with Crippen LogP contribution in [-0.2, 0) is 29.0 Å². The maximum absolute atomic E-state index is 12.9. The third-order valence-electron chi connectivity index (χ3n) is 5.81. The molecule has 0 aliphatic carbocycles. The van der Waals surface area contributed by atoms with E-state index in [1.54, 1.807) is 18.6 Å². The average molecular weight is 444 g/mol. The predicted molar refractivity (Wildman–Crippen MR) is 115 cm³/mol. The van der Waals surface area contributed by atoms with Crippen LogP contribution in [0, 0.1) is 0 Å². The Hall–Kier alpha value is -3.34. The van der Waals surface area contributed by atoms with E-state index < -0.39 is 0 Å². The summed E-state index contributed by atoms with van der Waals surface area (Å²) in [6.07, 6.45) is 6.58. The van der Waals surface area contributed by atoms with Crippen LogP contribution in [0.3, 0.4) is 0 Å². The van der Waals surface area contributed by atoms with Crippen LogP contribution in [0.25, 0.3) is 0 Å². The molecule has 4 heterocycles. The molecule has 11 heteroatoms. The Balaban J connectivity index is 0.000000913. The van der Waals surface area contributed by atoms with Crippen molar-refractivity contribution in [2.24, 2.45) is 0 Å². The zero-order valence-corrected chi connectivity index (χ0v) is 18.2. The van der Waals surface area contributed by atoms with Crippen LogP contribution in [0.5, 0.6) is 0 Å². The average Bonchev–Trinajstić information content (AvgIpc) is 3.26. The van der Waals surface area contributed by atoms with Crippen molar-refractivity contribution in [1.82, 2.24) is 34.9 Å². The lowest BCUT2D eigenvalue weighted by atomic mass is 10.0. The molecular weight excluding hydrogens is 414 g/mol. The Morgan fingerprint density at radius 1 is 1.16 bits per heavy atom. The van der Waals surface area contributed by atoms with E-state index in [4.69, 9.17) is 9.90 Å². The monoisotopic (exact) mass is 443 g/mol. The van der Waals surface area contributed by atoms with Crippen molar-refractivity contribution in [2.75, 3.05) is 39.3 Å². The molecule has 0 spiro atoms. The molecule has 1 fully saturated rings. The van der Waals surface area contributed by atoms with Gasteiger partial charge in [0.15, 0.2) is 5.69 Å². The number of nitrogens with zero attached hydrogens (tertiary/aromatic N) is 6. The highest BCUT2D eigenvalue weighted by Crippen LogP contribution is 2.22. The molecule has 1 saturated heterocycles. The molecule has 2 N–H and O–H groups in total. The number of amides is 2. The number of rotatable bonds is 5. The maximum Gasteiger partial charge on any atom is 0.290 e. The van der Waals surface area contributed by atoms with Crippen molar-refractivity contribution in [3.8, 4) is 0 Å². The fourth-order valence-corrected chi connectivity index (χ4v) is 3.98. The molecule has 2 aromatic rings. The van der Waals surface area contributed by atoms with Gasteiger partial charge in [0.1, 0.15) is 0 Å². The summed E-state index contributed by atoms with van der Waals surface area (Å²) in [6.45, 7) is 7.27. The molecule has 0 atom stereocenters. The van der Waals surface area contributed by atoms with E-state index in [2.05, 4.69) is 32.0 Å². The van der Waals surface area contributed by atoms with Gasteiger partial charge in [-0.05, 0) is 19.4 Å². The van der Waals surface area contributed by atoms with Gasteiger partial charge in [-0.1, -0.05) is 6.92 Å². The zero-order chi connectivity index (χ0) is 22.9. The van der Waals surface area contributed by atoms with E-state index in [0.29, 0.717) is 38.0 Å². The smallest absolute Gasteiger partial charge is 0.290 e. The molecule has 0 unspecified atom stereocenters. The minimum absolute atomic E-state index is 0.000631. The summed E-state index contributed by atoms with van der Waals surface area (Å²) in [5.41, 5.74) is 3.18. The second-order valence-electron chi connectivity index (χ2n) is 7.62. The van der Waals surface area contributed by atoms with Crippen molar-refractivity contribution in [1.29, 1.82) is 0 Å². The second kappa shape index (κ2) is 11.3. The van der Waals surface area contributed by atoms with Crippen LogP contribution in [0.4, 0.5) is 0 Å². The lowest BCUT2D eigenvalue weighted by Crippen LogP contribution is -2.48. The first-order chi connectivity index (χ1) is 15.6. The van der Waals surface area contributed by atoms with Crippen LogP contribution in [-0.4, -0.2) is 97.5 Å². The number of carbonyl (C=O) groups excluding carboxylic acids is 2. The number of carboxylic acid groups (broad SMARTS) is 1. The Morgan fingerprint density at radius 3 is 2.56 bits per heavy atom. The molecule has 2 aliphatic heterocycles. The first kappa shape index (κ1) is 23.3. The minimum Gasteiger partial charge on any atom is -0.483 e. The van der Waals surface area contributed by atoms with Gasteiger partial charge in [0.05, 0.1) is 17.9 Å². The largest absolute Gasteiger partial charge is 0.483 e. The normalized spacial score (nSPS) is 16.0. The Kier molecular flexibility index (Phi) is 8.26. The van der Waals surface area contributed by atoms with E-state index in [-0.39, 0.29) is 18.3 Å². The second-order valence-corrected chi connectivity index (χ2v) is 7.62. The molecule has 0 radical (unpaired) electrons. The van der Waals surface area contributed by atoms with Crippen molar-refractivity contribution >= 4 is 18.3 Å². The number of H-pyrrole nitrogens is 1. The first-order valence-corrected chi connectivity index (χ1v) is 10.8. The predicted octanol–water partition coefficient (Wildman–Crippen LogP) is 0.196. The van der Waals surface area contributed by atoms with Gasteiger partial charge in [0.25, 0.3) is 12.4 Å². The molecule has 172 valence electrons. The van der Waals surface area contributed by atoms with Crippen molar-refractivity contribution in [2.45, 2.75) is 32.7 Å². The SMILES string of the molecule is CCN1CCN(C(=O)c2n[nH]c3c2CCN(C(=O)CCc2cnccn2)C3)CC1.O=CO. The van der Waals surface area contributed by atoms with Crippen LogP contribution in [0.2, 0.25) is 0 Å². The van der Waals surface area contributed by atoms with Gasteiger partial charge in [-0.2, -0.15) is 5.10 Å². The van der Waals surface area contributed by atoms with E-state index >= 15 is 0 Å². The molecular formula is C21H29N7O4. The highest BCUT2D eigenvalue weighted by Gasteiger charge is 2.30. The van der Waals surface area contributed by atoms with Crippen molar-refractivity contribution in [3.05, 3.63) is 41.2 Å². The van der Waals surface area contributed by atoms with Crippen LogP contribution in [0.15, 0.2) is 18.6 Å². The number of aryl methyl sites for hydroxylation is 1. The molecule has 11 nitrogen and oxygen atoms in total. The molecule has 32 heavy (non-hydrogen) atoms. The van der Waals surface area contributed by atoms with Gasteiger partial charge in [-0.3, -0.25) is 29.5 Å². The molecule has 0 aromatic carbocycles. The summed E-state index contributed by atoms with van der Waals surface area (Å²) in [4.78, 5) is 48.2. The third kappa shape index (κ3) is 5.67. The summed E-state index contributed by atoms with van der Waals surface area (Å²) in [6, 6.07) is 0. The van der Waals surface area contributed by atoms with E-state index in [1.165, 1.54) is 0 Å². The van der Waals surface area contributed by atoms with E-state index in [0.717, 1.165) is 49.7 Å². The molecule has 4 rings (SSSR count). The van der Waals surface area contributed by atoms with Gasteiger partial charge >= 0.3 is 0 Å². The number of hydrogen-bond acceptors (Lipinski definition) is 7. The molecule has 2 aromatic heterocycles. The fourth-order valence-electron chi connectivity index (χ4n) is 3.98. The summed E-state index contributed by atoms with van der Waals surface area (Å²) >= 11 is 0. The Morgan fingerprint density at radius 2 is 1.91 bits per heavy atom. The van der Waals surface area contributed by atoms with Gasteiger partial charge in [0.2, 0.25) is 5.91 Å². The van der Waals surface area contributed by atoms with Gasteiger partial charge in [0, 0.05) is 63.3 Å². The van der Waals surface area contributed by atoms with Crippen LogP contribution < -0.4 is 0 Å². The van der Waals surface area contributed by atoms with E-state index in [1.807, 2.05) is 9.80 Å². The molecule has 2 amide bonds. The lowest BCUT2D eigenvalue weighted by Gasteiger charge is -2.34. The number of aromatic amines is 1. The Bertz CT molecular complexity index is 910. The molecule has 0 saturated carbocycles. The van der Waals surface area contributed by atoms with Gasteiger partial charge in [-0.15, -0.1) is 0 Å². The van der Waals surface area contributed by atoms with Crippen molar-refractivity contribution < 1.29 is 19.5 Å². The topological polar surface area (TPSA) is 136 Å². The van der Waals surface area contributed by atoms with E-state index in [9.17, 15) is 9.59 Å². The number of fused-ring (bicyclic) bond motifs is 1. The van der Waals surface area contributed by atoms with Crippen LogP contribution >= 0.6 is 0 Å². The van der Waals surface area contributed by atoms with Gasteiger partial charge < -0.3 is 19.8 Å². The summed E-state index contributed by atoms with van der Waals surface area (Å²) in [5, 5.41) is 14.2. The quantitative estimate of drug-likeness (QED) is 0.626. The maximum atomic E-state index is 12.9. The number of likely N-dealkylation sites (N-methyl/N-ethyl adjacent to an activating group) is 1. The number of carbonyl (C=O) groups is 3. The van der Waals surface area contributed by atoms with Crippen LogP contribution in [0.1, 0.15) is 40.8 Å². The third-order valence-corrected chi connectivity index (χ3v) is 5.81. The minimum atomic E-state index is -0.250. The standard InChI is InChI=1S/C20H27N7O2.CH2O2/c1-2-25-9-11-26(12-10-25)20(29)19-16-5-8-27(14-17(16)23-24-19)18(28)4-3-15-13-21-6-7-22-15;2-1-3/h6-7,13H,2-5,8-12,14H2,1H3,(H,23,24);1H,(H,2,3). The number of hydrogen-bond donors (Lipinski definition) is 2. The zero-order valence-electron chi connectivity index (χ0n) is 18.2. The fraction of sp³-hybridized carbons (Fsp3) is 0.524. The number of aromatic nitrogens is 4. The van der Waals surface area contributed by atoms with Crippen molar-refractivity contribution in [3.63, 3.8) is 0 Å². The van der Waals surface area contributed by atoms with Gasteiger partial charge in [-0.25, -0.2) is 0 Å². The number of piperazine rings is 1. The number of nitrogens with one attached hydrogen (secondary N) is 1. The molecule has 0 bridgehead atoms.